The van der Waals surface area contributed by atoms with Crippen LogP contribution < -0.4 is 10.6 Å². The number of nitrogens with one attached hydrogen (secondary N) is 2. The summed E-state index contributed by atoms with van der Waals surface area (Å²) in [6.07, 6.45) is 0. The van der Waals surface area contributed by atoms with Crippen LogP contribution in [0.3, 0.4) is 0 Å². The molecule has 4 nitrogen and oxygen atoms in total. The van der Waals surface area contributed by atoms with Gasteiger partial charge in [0.1, 0.15) is 6.04 Å². The molecule has 0 spiro atoms. The van der Waals surface area contributed by atoms with Crippen molar-refractivity contribution in [1.29, 1.82) is 0 Å². The van der Waals surface area contributed by atoms with Crippen LogP contribution in [0.2, 0.25) is 0 Å². The highest BCUT2D eigenvalue weighted by Crippen LogP contribution is 2.22. The van der Waals surface area contributed by atoms with Gasteiger partial charge in [0.2, 0.25) is 5.91 Å². The van der Waals surface area contributed by atoms with E-state index in [0.29, 0.717) is 4.88 Å². The molecule has 0 radical (unpaired) electrons. The van der Waals surface area contributed by atoms with Gasteiger partial charge < -0.3 is 10.6 Å². The van der Waals surface area contributed by atoms with Crippen LogP contribution in [-0.4, -0.2) is 17.9 Å². The van der Waals surface area contributed by atoms with E-state index in [-0.39, 0.29) is 17.9 Å². The van der Waals surface area contributed by atoms with Gasteiger partial charge in [-0.15, -0.1) is 11.3 Å². The number of benzene rings is 1. The van der Waals surface area contributed by atoms with Crippen LogP contribution in [0.1, 0.15) is 40.7 Å². The molecule has 2 N–H and O–H groups in total. The second kappa shape index (κ2) is 7.75. The highest BCUT2D eigenvalue weighted by molar-refractivity contribution is 9.11. The average molecular weight is 395 g/mol. The number of aryl methyl sites for hydroxylation is 1. The van der Waals surface area contributed by atoms with Crippen molar-refractivity contribution in [2.24, 2.45) is 0 Å². The molecule has 1 heterocycles. The summed E-state index contributed by atoms with van der Waals surface area (Å²) >= 11 is 4.66. The molecule has 23 heavy (non-hydrogen) atoms. The van der Waals surface area contributed by atoms with E-state index < -0.39 is 6.04 Å². The Morgan fingerprint density at radius 3 is 2.39 bits per heavy atom. The first-order valence-corrected chi connectivity index (χ1v) is 8.91. The van der Waals surface area contributed by atoms with E-state index in [1.807, 2.05) is 44.2 Å². The van der Waals surface area contributed by atoms with Crippen molar-refractivity contribution in [3.63, 3.8) is 0 Å². The first-order valence-electron chi connectivity index (χ1n) is 7.30. The molecule has 6 heteroatoms. The van der Waals surface area contributed by atoms with Gasteiger partial charge >= 0.3 is 0 Å². The lowest BCUT2D eigenvalue weighted by molar-refractivity contribution is -0.123. The van der Waals surface area contributed by atoms with Crippen molar-refractivity contribution in [3.05, 3.63) is 56.2 Å². The number of rotatable bonds is 5. The molecular formula is C17H19BrN2O2S. The summed E-state index contributed by atoms with van der Waals surface area (Å²) in [5, 5.41) is 5.66. The zero-order valence-corrected chi connectivity index (χ0v) is 15.6. The second-order valence-electron chi connectivity index (χ2n) is 5.39. The van der Waals surface area contributed by atoms with Gasteiger partial charge in [0.05, 0.1) is 14.7 Å². The number of halogens is 1. The van der Waals surface area contributed by atoms with E-state index in [1.54, 1.807) is 13.0 Å². The minimum atomic E-state index is -0.602. The fourth-order valence-corrected chi connectivity index (χ4v) is 3.55. The van der Waals surface area contributed by atoms with E-state index >= 15 is 0 Å². The highest BCUT2D eigenvalue weighted by Gasteiger charge is 2.20. The Bertz CT molecular complexity index is 714. The Morgan fingerprint density at radius 2 is 1.78 bits per heavy atom. The Hall–Kier alpha value is -1.66. The van der Waals surface area contributed by atoms with Crippen molar-refractivity contribution < 1.29 is 9.59 Å². The Morgan fingerprint density at radius 1 is 1.09 bits per heavy atom. The summed E-state index contributed by atoms with van der Waals surface area (Å²) in [7, 11) is 0. The van der Waals surface area contributed by atoms with Gasteiger partial charge in [0, 0.05) is 0 Å². The molecule has 1 aromatic heterocycles. The molecule has 2 unspecified atom stereocenters. The van der Waals surface area contributed by atoms with Gasteiger partial charge in [-0.2, -0.15) is 0 Å². The molecule has 0 aliphatic rings. The molecule has 2 rings (SSSR count). The van der Waals surface area contributed by atoms with E-state index in [1.165, 1.54) is 11.3 Å². The van der Waals surface area contributed by atoms with Gasteiger partial charge in [-0.1, -0.05) is 24.3 Å². The minimum Gasteiger partial charge on any atom is -0.348 e. The lowest BCUT2D eigenvalue weighted by atomic mass is 10.0. The standard InChI is InChI=1S/C17H19BrN2O2S/c1-10-6-4-5-7-13(10)11(2)19-16(21)12(3)20-17(22)14-8-9-15(18)23-14/h4-9,11-12H,1-3H3,(H,19,21)(H,20,22). The van der Waals surface area contributed by atoms with Gasteiger partial charge in [0.25, 0.3) is 5.91 Å². The molecule has 0 aliphatic carbocycles. The molecule has 1 aromatic carbocycles. The van der Waals surface area contributed by atoms with Crippen LogP contribution in [0.4, 0.5) is 0 Å². The topological polar surface area (TPSA) is 58.2 Å². The number of hydrogen-bond acceptors (Lipinski definition) is 3. The molecule has 2 aromatic rings. The average Bonchev–Trinajstić information content (AvgIpc) is 2.94. The largest absolute Gasteiger partial charge is 0.348 e. The maximum absolute atomic E-state index is 12.3. The Kier molecular flexibility index (Phi) is 5.96. The van der Waals surface area contributed by atoms with Gasteiger partial charge in [0.15, 0.2) is 0 Å². The predicted molar refractivity (Wildman–Crippen MR) is 96.7 cm³/mol. The lowest BCUT2D eigenvalue weighted by Gasteiger charge is -2.20. The fraction of sp³-hybridized carbons (Fsp3) is 0.294. The molecule has 0 bridgehead atoms. The molecule has 2 amide bonds. The normalized spacial score (nSPS) is 13.2. The summed E-state index contributed by atoms with van der Waals surface area (Å²) in [4.78, 5) is 24.9. The number of thiophene rings is 1. The molecule has 0 saturated heterocycles. The third kappa shape index (κ3) is 4.65. The molecule has 0 saturated carbocycles. The molecule has 0 fully saturated rings. The van der Waals surface area contributed by atoms with Crippen LogP contribution in [0.15, 0.2) is 40.2 Å². The zero-order chi connectivity index (χ0) is 17.0. The van der Waals surface area contributed by atoms with Crippen LogP contribution in [0.25, 0.3) is 0 Å². The summed E-state index contributed by atoms with van der Waals surface area (Å²) in [6.45, 7) is 5.63. The number of hydrogen-bond donors (Lipinski definition) is 2. The van der Waals surface area contributed by atoms with Crippen LogP contribution in [-0.2, 0) is 4.79 Å². The highest BCUT2D eigenvalue weighted by atomic mass is 79.9. The maximum atomic E-state index is 12.3. The van der Waals surface area contributed by atoms with Gasteiger partial charge in [-0.25, -0.2) is 0 Å². The smallest absolute Gasteiger partial charge is 0.262 e. The number of carbonyl (C=O) groups excluding carboxylic acids is 2. The van der Waals surface area contributed by atoms with Crippen molar-refractivity contribution in [2.75, 3.05) is 0 Å². The van der Waals surface area contributed by atoms with Gasteiger partial charge in [-0.05, 0) is 60.0 Å². The van der Waals surface area contributed by atoms with Crippen LogP contribution in [0.5, 0.6) is 0 Å². The number of amides is 2. The monoisotopic (exact) mass is 394 g/mol. The first-order chi connectivity index (χ1) is 10.9. The third-order valence-corrected chi connectivity index (χ3v) is 5.17. The molecule has 0 aliphatic heterocycles. The predicted octanol–water partition coefficient (Wildman–Crippen LogP) is 3.81. The summed E-state index contributed by atoms with van der Waals surface area (Å²) in [5.74, 6) is -0.448. The third-order valence-electron chi connectivity index (χ3n) is 3.55. The SMILES string of the molecule is Cc1ccccc1C(C)NC(=O)C(C)NC(=O)c1ccc(Br)s1. The first kappa shape index (κ1) is 17.7. The molecule has 2 atom stereocenters. The van der Waals surface area contributed by atoms with E-state index in [0.717, 1.165) is 14.9 Å². The summed E-state index contributed by atoms with van der Waals surface area (Å²) < 4.78 is 0.882. The van der Waals surface area contributed by atoms with Crippen LogP contribution >= 0.6 is 27.3 Å². The molecule has 122 valence electrons. The quantitative estimate of drug-likeness (QED) is 0.809. The van der Waals surface area contributed by atoms with E-state index in [9.17, 15) is 9.59 Å². The summed E-state index contributed by atoms with van der Waals surface area (Å²) in [5.41, 5.74) is 2.20. The summed E-state index contributed by atoms with van der Waals surface area (Å²) in [6, 6.07) is 10.7. The Labute approximate surface area is 148 Å². The fourth-order valence-electron chi connectivity index (χ4n) is 2.26. The van der Waals surface area contributed by atoms with Gasteiger partial charge in [-0.3, -0.25) is 9.59 Å². The number of carbonyl (C=O) groups is 2. The lowest BCUT2D eigenvalue weighted by Crippen LogP contribution is -2.45. The zero-order valence-electron chi connectivity index (χ0n) is 13.2. The Balaban J connectivity index is 1.95. The van der Waals surface area contributed by atoms with Crippen LogP contribution in [0, 0.1) is 6.92 Å². The van der Waals surface area contributed by atoms with Crippen molar-refractivity contribution >= 4 is 39.1 Å². The minimum absolute atomic E-state index is 0.112. The molecular weight excluding hydrogens is 376 g/mol. The second-order valence-corrected chi connectivity index (χ2v) is 7.85. The van der Waals surface area contributed by atoms with Crippen molar-refractivity contribution in [3.8, 4) is 0 Å². The maximum Gasteiger partial charge on any atom is 0.262 e. The van der Waals surface area contributed by atoms with Crippen molar-refractivity contribution in [2.45, 2.75) is 32.9 Å². The van der Waals surface area contributed by atoms with Crippen molar-refractivity contribution in [1.82, 2.24) is 10.6 Å². The van der Waals surface area contributed by atoms with E-state index in [2.05, 4.69) is 26.6 Å². The van der Waals surface area contributed by atoms with E-state index in [4.69, 9.17) is 0 Å².